The molecular formula is C12H17NO6S. The van der Waals surface area contributed by atoms with Crippen LogP contribution in [0.4, 0.5) is 0 Å². The molecule has 0 bridgehead atoms. The van der Waals surface area contributed by atoms with Crippen LogP contribution in [-0.4, -0.2) is 53.1 Å². The maximum absolute atomic E-state index is 11.7. The minimum Gasteiger partial charge on any atom is -0.480 e. The number of nitrogens with zero attached hydrogens (tertiary/aromatic N) is 1. The molecule has 1 aliphatic rings. The molecular weight excluding hydrogens is 286 g/mol. The second kappa shape index (κ2) is 6.74. The largest absolute Gasteiger partial charge is 0.480 e. The number of thioether (sulfide) groups is 1. The number of hydrogen-bond acceptors (Lipinski definition) is 7. The van der Waals surface area contributed by atoms with Gasteiger partial charge in [0.1, 0.15) is 6.04 Å². The van der Waals surface area contributed by atoms with E-state index in [0.29, 0.717) is 12.2 Å². The number of ether oxygens (including phenoxy) is 2. The Labute approximate surface area is 120 Å². The summed E-state index contributed by atoms with van der Waals surface area (Å²) in [4.78, 5) is 38.1. The van der Waals surface area contributed by atoms with Crippen molar-refractivity contribution in [3.63, 3.8) is 0 Å². The third kappa shape index (κ3) is 4.52. The first-order chi connectivity index (χ1) is 9.26. The molecule has 1 fully saturated rings. The fourth-order valence-corrected chi connectivity index (χ4v) is 1.99. The van der Waals surface area contributed by atoms with Gasteiger partial charge in [0, 0.05) is 20.1 Å². The fraction of sp³-hybridized carbons (Fsp3) is 0.667. The average Bonchev–Trinajstić information content (AvgIpc) is 2.29. The summed E-state index contributed by atoms with van der Waals surface area (Å²) < 4.78 is 9.81. The van der Waals surface area contributed by atoms with E-state index in [9.17, 15) is 14.4 Å². The normalized spacial score (nSPS) is 20.6. The third-order valence-electron chi connectivity index (χ3n) is 2.50. The molecule has 1 aliphatic heterocycles. The molecule has 1 atom stereocenters. The van der Waals surface area contributed by atoms with Gasteiger partial charge in [0.15, 0.2) is 5.92 Å². The Morgan fingerprint density at radius 1 is 1.45 bits per heavy atom. The molecule has 0 aliphatic carbocycles. The van der Waals surface area contributed by atoms with Crippen LogP contribution in [0, 0.1) is 5.92 Å². The van der Waals surface area contributed by atoms with E-state index in [0.717, 1.165) is 6.21 Å². The second-order valence-corrected chi connectivity index (χ2v) is 5.64. The summed E-state index contributed by atoms with van der Waals surface area (Å²) in [5.74, 6) is -4.68. The smallest absolute Gasteiger partial charge is 0.329 e. The lowest BCUT2D eigenvalue weighted by Gasteiger charge is -2.31. The summed E-state index contributed by atoms with van der Waals surface area (Å²) >= 11 is 1.49. The van der Waals surface area contributed by atoms with E-state index in [1.165, 1.54) is 25.6 Å². The van der Waals surface area contributed by atoms with Crippen LogP contribution in [0.2, 0.25) is 0 Å². The van der Waals surface area contributed by atoms with E-state index in [2.05, 4.69) is 4.99 Å². The summed E-state index contributed by atoms with van der Waals surface area (Å²) in [5, 5.41) is 8.99. The van der Waals surface area contributed by atoms with E-state index >= 15 is 0 Å². The molecule has 0 radical (unpaired) electrons. The highest BCUT2D eigenvalue weighted by Gasteiger charge is 2.42. The van der Waals surface area contributed by atoms with Gasteiger partial charge in [0.05, 0.1) is 0 Å². The summed E-state index contributed by atoms with van der Waals surface area (Å²) in [6, 6.07) is -0.988. The van der Waals surface area contributed by atoms with Crippen LogP contribution in [-0.2, 0) is 23.9 Å². The zero-order valence-corrected chi connectivity index (χ0v) is 12.3. The monoisotopic (exact) mass is 303 g/mol. The maximum Gasteiger partial charge on any atom is 0.329 e. The molecule has 1 saturated heterocycles. The number of carbonyl (C=O) groups excluding carboxylic acids is 2. The topological polar surface area (TPSA) is 102 Å². The number of esters is 2. The summed E-state index contributed by atoms with van der Waals surface area (Å²) in [6.07, 6.45) is 3.16. The van der Waals surface area contributed by atoms with Crippen molar-refractivity contribution in [2.24, 2.45) is 10.9 Å². The number of aliphatic imine (C=N–C) groups is 1. The van der Waals surface area contributed by atoms with Crippen molar-refractivity contribution in [3.05, 3.63) is 0 Å². The Morgan fingerprint density at radius 3 is 2.45 bits per heavy atom. The second-order valence-electron chi connectivity index (χ2n) is 4.65. The van der Waals surface area contributed by atoms with E-state index in [1.54, 1.807) is 0 Å². The first-order valence-electron chi connectivity index (χ1n) is 5.97. The third-order valence-corrected chi connectivity index (χ3v) is 3.14. The van der Waals surface area contributed by atoms with Gasteiger partial charge in [-0.05, 0) is 18.4 Å². The lowest BCUT2D eigenvalue weighted by molar-refractivity contribution is -0.235. The molecule has 112 valence electrons. The molecule has 20 heavy (non-hydrogen) atoms. The van der Waals surface area contributed by atoms with Crippen molar-refractivity contribution in [1.82, 2.24) is 0 Å². The quantitative estimate of drug-likeness (QED) is 0.438. The molecule has 7 nitrogen and oxygen atoms in total. The van der Waals surface area contributed by atoms with Gasteiger partial charge in [-0.1, -0.05) is 0 Å². The highest BCUT2D eigenvalue weighted by Crippen LogP contribution is 2.22. The molecule has 0 aromatic carbocycles. The van der Waals surface area contributed by atoms with Gasteiger partial charge in [0.25, 0.3) is 5.79 Å². The summed E-state index contributed by atoms with van der Waals surface area (Å²) in [7, 11) is 0. The number of carboxylic acid groups (broad SMARTS) is 1. The molecule has 1 rings (SSSR count). The van der Waals surface area contributed by atoms with Crippen molar-refractivity contribution in [3.8, 4) is 0 Å². The molecule has 0 unspecified atom stereocenters. The highest BCUT2D eigenvalue weighted by atomic mass is 32.2. The number of hydrogen-bond donors (Lipinski definition) is 1. The zero-order valence-electron chi connectivity index (χ0n) is 11.5. The first kappa shape index (κ1) is 16.5. The van der Waals surface area contributed by atoms with Crippen LogP contribution in [0.25, 0.3) is 0 Å². The van der Waals surface area contributed by atoms with Crippen LogP contribution in [0.3, 0.4) is 0 Å². The van der Waals surface area contributed by atoms with Crippen molar-refractivity contribution in [1.29, 1.82) is 0 Å². The van der Waals surface area contributed by atoms with Crippen molar-refractivity contribution in [2.45, 2.75) is 32.1 Å². The van der Waals surface area contributed by atoms with Gasteiger partial charge in [-0.25, -0.2) is 4.79 Å². The van der Waals surface area contributed by atoms with Gasteiger partial charge >= 0.3 is 17.9 Å². The predicted octanol–water partition coefficient (Wildman–Crippen LogP) is 0.716. The molecule has 1 heterocycles. The Hall–Kier alpha value is -1.57. The lowest BCUT2D eigenvalue weighted by Crippen LogP contribution is -2.47. The van der Waals surface area contributed by atoms with Gasteiger partial charge in [-0.2, -0.15) is 11.8 Å². The van der Waals surface area contributed by atoms with Crippen molar-refractivity contribution >= 4 is 35.9 Å². The molecule has 0 aromatic rings. The zero-order chi connectivity index (χ0) is 15.3. The average molecular weight is 303 g/mol. The Balaban J connectivity index is 2.74. The van der Waals surface area contributed by atoms with Crippen LogP contribution < -0.4 is 0 Å². The van der Waals surface area contributed by atoms with E-state index in [1.807, 2.05) is 6.26 Å². The van der Waals surface area contributed by atoms with Gasteiger partial charge in [-0.15, -0.1) is 0 Å². The Morgan fingerprint density at radius 2 is 2.00 bits per heavy atom. The fourth-order valence-electron chi connectivity index (χ4n) is 1.53. The van der Waals surface area contributed by atoms with Crippen LogP contribution in [0.5, 0.6) is 0 Å². The Kier molecular flexibility index (Phi) is 5.55. The van der Waals surface area contributed by atoms with Crippen molar-refractivity contribution in [2.75, 3.05) is 12.0 Å². The van der Waals surface area contributed by atoms with Crippen LogP contribution >= 0.6 is 11.8 Å². The van der Waals surface area contributed by atoms with Crippen LogP contribution in [0.15, 0.2) is 4.99 Å². The molecule has 0 spiro atoms. The maximum atomic E-state index is 11.7. The number of cyclic esters (lactones) is 2. The van der Waals surface area contributed by atoms with Crippen molar-refractivity contribution < 1.29 is 29.0 Å². The minimum atomic E-state index is -1.31. The lowest BCUT2D eigenvalue weighted by atomic mass is 10.1. The molecule has 0 saturated carbocycles. The highest BCUT2D eigenvalue weighted by molar-refractivity contribution is 7.98. The van der Waals surface area contributed by atoms with Crippen LogP contribution in [0.1, 0.15) is 20.3 Å². The number of rotatable bonds is 6. The summed E-state index contributed by atoms with van der Waals surface area (Å²) in [6.45, 7) is 2.88. The number of aliphatic carboxylic acids is 1. The molecule has 0 aromatic heterocycles. The minimum absolute atomic E-state index is 0.315. The van der Waals surface area contributed by atoms with E-state index < -0.39 is 35.7 Å². The number of carbonyl (C=O) groups is 3. The molecule has 8 heteroatoms. The van der Waals surface area contributed by atoms with E-state index in [4.69, 9.17) is 14.6 Å². The van der Waals surface area contributed by atoms with Gasteiger partial charge < -0.3 is 14.6 Å². The Bertz CT molecular complexity index is 414. The molecule has 0 amide bonds. The first-order valence-corrected chi connectivity index (χ1v) is 7.37. The molecule has 1 N–H and O–H groups in total. The number of carboxylic acids is 1. The SMILES string of the molecule is CSCC[C@@H](N=CC1C(=O)OC(C)(C)OC1=O)C(=O)O. The predicted molar refractivity (Wildman–Crippen MR) is 72.7 cm³/mol. The van der Waals surface area contributed by atoms with Gasteiger partial charge in [0.2, 0.25) is 0 Å². The standard InChI is InChI=1S/C12H17NO6S/c1-12(2)18-10(16)7(11(17)19-12)6-13-8(9(14)15)4-5-20-3/h6-8H,4-5H2,1-3H3,(H,14,15)/t8-/m1/s1. The van der Waals surface area contributed by atoms with E-state index in [-0.39, 0.29) is 0 Å². The van der Waals surface area contributed by atoms with Gasteiger partial charge in [-0.3, -0.25) is 14.6 Å². The summed E-state index contributed by atoms with van der Waals surface area (Å²) in [5.41, 5.74) is 0.